The quantitative estimate of drug-likeness (QED) is 0.294. The van der Waals surface area contributed by atoms with Crippen LogP contribution in [0.5, 0.6) is 0 Å². The molecule has 0 spiro atoms. The summed E-state index contributed by atoms with van der Waals surface area (Å²) in [5, 5.41) is 11.2. The van der Waals surface area contributed by atoms with Gasteiger partial charge in [-0.15, -0.1) is 0 Å². The molecule has 1 N–H and O–H groups in total. The molecule has 2 aliphatic heterocycles. The van der Waals surface area contributed by atoms with Crippen LogP contribution in [-0.4, -0.2) is 46.2 Å². The predicted octanol–water partition coefficient (Wildman–Crippen LogP) is 8.14. The number of ether oxygens (including phenoxy) is 1. The lowest BCUT2D eigenvalue weighted by Gasteiger charge is -2.41. The number of anilines is 1. The first-order valence-electron chi connectivity index (χ1n) is 15.5. The summed E-state index contributed by atoms with van der Waals surface area (Å²) in [6, 6.07) is 14.9. The topological polar surface area (TPSA) is 65.9 Å². The monoisotopic (exact) mass is 603 g/mol. The number of aromatic nitrogens is 1. The van der Waals surface area contributed by atoms with Crippen LogP contribution in [0.3, 0.4) is 0 Å². The first kappa shape index (κ1) is 31.5. The molecule has 0 bridgehead atoms. The third-order valence-electron chi connectivity index (χ3n) is 8.85. The molecule has 0 radical (unpaired) electrons. The lowest BCUT2D eigenvalue weighted by atomic mass is 9.81. The lowest BCUT2D eigenvalue weighted by molar-refractivity contribution is -0.160. The molecule has 0 amide bonds. The Morgan fingerprint density at radius 3 is 2.42 bits per heavy atom. The normalized spacial score (nSPS) is 17.9. The van der Waals surface area contributed by atoms with Crippen LogP contribution >= 0.6 is 11.6 Å². The smallest absolute Gasteiger partial charge is 0.337 e. The van der Waals surface area contributed by atoms with Crippen molar-refractivity contribution in [1.82, 2.24) is 9.88 Å². The number of pyridine rings is 1. The number of nitrogens with zero attached hydrogens (tertiary/aromatic N) is 3. The van der Waals surface area contributed by atoms with Gasteiger partial charge in [0.15, 0.2) is 6.10 Å². The fraction of sp³-hybridized carbons (Fsp3) is 0.500. The number of carbonyl (C=O) groups is 1. The third-order valence-corrected chi connectivity index (χ3v) is 9.09. The number of benzene rings is 2. The summed E-state index contributed by atoms with van der Waals surface area (Å²) >= 11 is 6.24. The minimum absolute atomic E-state index is 0.255. The molecule has 1 unspecified atom stereocenters. The van der Waals surface area contributed by atoms with E-state index in [1.165, 1.54) is 16.7 Å². The highest BCUT2D eigenvalue weighted by Gasteiger charge is 2.36. The summed E-state index contributed by atoms with van der Waals surface area (Å²) in [6.07, 6.45) is 1.91. The van der Waals surface area contributed by atoms with E-state index < -0.39 is 17.7 Å². The van der Waals surface area contributed by atoms with E-state index in [0.717, 1.165) is 79.5 Å². The number of aryl methyl sites for hydroxylation is 2. The van der Waals surface area contributed by atoms with E-state index in [2.05, 4.69) is 54.8 Å². The van der Waals surface area contributed by atoms with Crippen molar-refractivity contribution in [2.45, 2.75) is 92.5 Å². The molecule has 1 saturated heterocycles. The van der Waals surface area contributed by atoms with Crippen molar-refractivity contribution in [3.63, 3.8) is 0 Å². The molecule has 6 nitrogen and oxygen atoms in total. The Kier molecular flexibility index (Phi) is 8.95. The number of halogens is 1. The van der Waals surface area contributed by atoms with Gasteiger partial charge in [-0.2, -0.15) is 0 Å². The Morgan fingerprint density at radius 1 is 1.05 bits per heavy atom. The zero-order valence-electron chi connectivity index (χ0n) is 26.8. The van der Waals surface area contributed by atoms with Crippen molar-refractivity contribution in [3.8, 4) is 11.1 Å². The van der Waals surface area contributed by atoms with Crippen LogP contribution in [0.4, 0.5) is 5.69 Å². The number of hydrogen-bond acceptors (Lipinski definition) is 5. The van der Waals surface area contributed by atoms with Gasteiger partial charge in [-0.1, -0.05) is 55.8 Å². The highest BCUT2D eigenvalue weighted by atomic mass is 35.5. The summed E-state index contributed by atoms with van der Waals surface area (Å²) < 4.78 is 6.25. The van der Waals surface area contributed by atoms with Crippen LogP contribution in [0.1, 0.15) is 87.2 Å². The molecule has 1 fully saturated rings. The fourth-order valence-corrected chi connectivity index (χ4v) is 6.76. The lowest BCUT2D eigenvalue weighted by Crippen LogP contribution is -2.39. The van der Waals surface area contributed by atoms with Crippen LogP contribution in [0.15, 0.2) is 42.5 Å². The summed E-state index contributed by atoms with van der Waals surface area (Å²) in [4.78, 5) is 22.6. The largest absolute Gasteiger partial charge is 0.479 e. The van der Waals surface area contributed by atoms with Gasteiger partial charge in [-0.25, -0.2) is 4.79 Å². The second-order valence-corrected chi connectivity index (χ2v) is 14.5. The molecular formula is C36H46ClN3O3. The number of fused-ring (bicyclic) bond motifs is 1. The van der Waals surface area contributed by atoms with E-state index in [-0.39, 0.29) is 5.41 Å². The number of rotatable bonds is 7. The first-order chi connectivity index (χ1) is 20.2. The van der Waals surface area contributed by atoms with Crippen LogP contribution in [0, 0.1) is 19.3 Å². The summed E-state index contributed by atoms with van der Waals surface area (Å²) in [6.45, 7) is 18.8. The zero-order chi connectivity index (χ0) is 31.1. The van der Waals surface area contributed by atoms with E-state index in [0.29, 0.717) is 11.3 Å². The Bertz CT molecular complexity index is 1500. The van der Waals surface area contributed by atoms with Crippen LogP contribution < -0.4 is 4.90 Å². The van der Waals surface area contributed by atoms with Gasteiger partial charge < -0.3 is 14.7 Å². The standard InChI is InChI=1S/C36H46ClN3O3/c1-23-30(27-11-12-28-22-39(16-13-26(28)20-27)21-25-9-8-10-29(37)19-25)32(40-17-14-36(6,7)15-18-40)31(24(2)38-23)33(34(41)42)43-35(3,4)5/h8-12,19-20,33H,13-18,21-22H2,1-7H3,(H,41,42). The van der Waals surface area contributed by atoms with Crippen molar-refractivity contribution >= 4 is 23.3 Å². The van der Waals surface area contributed by atoms with E-state index in [1.807, 2.05) is 45.9 Å². The van der Waals surface area contributed by atoms with E-state index in [4.69, 9.17) is 21.3 Å². The maximum Gasteiger partial charge on any atom is 0.337 e. The third kappa shape index (κ3) is 7.25. The fourth-order valence-electron chi connectivity index (χ4n) is 6.55. The first-order valence-corrected chi connectivity index (χ1v) is 15.8. The second-order valence-electron chi connectivity index (χ2n) is 14.1. The van der Waals surface area contributed by atoms with Gasteiger partial charge in [-0.3, -0.25) is 9.88 Å². The summed E-state index contributed by atoms with van der Waals surface area (Å²) in [5.41, 5.74) is 8.90. The second kappa shape index (κ2) is 12.2. The molecular weight excluding hydrogens is 558 g/mol. The van der Waals surface area contributed by atoms with E-state index >= 15 is 0 Å². The molecule has 230 valence electrons. The molecule has 0 saturated carbocycles. The Hall–Kier alpha value is -2.93. The molecule has 43 heavy (non-hydrogen) atoms. The molecule has 5 rings (SSSR count). The molecule has 1 atom stereocenters. The minimum atomic E-state index is -1.12. The van der Waals surface area contributed by atoms with Gasteiger partial charge >= 0.3 is 5.97 Å². The SMILES string of the molecule is Cc1nc(C)c(C(OC(C)(C)C)C(=O)O)c(N2CCC(C)(C)CC2)c1-c1ccc2c(c1)CCN(Cc1cccc(Cl)c1)C2. The number of piperidine rings is 1. The summed E-state index contributed by atoms with van der Waals surface area (Å²) in [7, 11) is 0. The number of aliphatic carboxylic acids is 1. The Labute approximate surface area is 262 Å². The predicted molar refractivity (Wildman–Crippen MR) is 175 cm³/mol. The average molecular weight is 604 g/mol. The molecule has 2 aromatic carbocycles. The van der Waals surface area contributed by atoms with Crippen molar-refractivity contribution < 1.29 is 14.6 Å². The van der Waals surface area contributed by atoms with E-state index in [1.54, 1.807) is 0 Å². The molecule has 7 heteroatoms. The highest BCUT2D eigenvalue weighted by Crippen LogP contribution is 2.45. The molecule has 0 aliphatic carbocycles. The van der Waals surface area contributed by atoms with Crippen LogP contribution in [0.2, 0.25) is 5.02 Å². The Morgan fingerprint density at radius 2 is 1.77 bits per heavy atom. The van der Waals surface area contributed by atoms with Crippen molar-refractivity contribution in [2.24, 2.45) is 5.41 Å². The van der Waals surface area contributed by atoms with Crippen LogP contribution in [0.25, 0.3) is 11.1 Å². The number of carboxylic acids is 1. The average Bonchev–Trinajstić information content (AvgIpc) is 2.91. The highest BCUT2D eigenvalue weighted by molar-refractivity contribution is 6.30. The van der Waals surface area contributed by atoms with E-state index in [9.17, 15) is 9.90 Å². The van der Waals surface area contributed by atoms with Gasteiger partial charge in [0.25, 0.3) is 0 Å². The molecule has 3 heterocycles. The Balaban J connectivity index is 1.57. The van der Waals surface area contributed by atoms with Gasteiger partial charge in [0.05, 0.1) is 11.3 Å². The van der Waals surface area contributed by atoms with Crippen LogP contribution in [-0.2, 0) is 29.0 Å². The molecule has 1 aromatic heterocycles. The van der Waals surface area contributed by atoms with Gasteiger partial charge in [0, 0.05) is 60.3 Å². The molecule has 2 aliphatic rings. The van der Waals surface area contributed by atoms with Gasteiger partial charge in [0.2, 0.25) is 0 Å². The zero-order valence-corrected chi connectivity index (χ0v) is 27.5. The van der Waals surface area contributed by atoms with Gasteiger partial charge in [0.1, 0.15) is 0 Å². The maximum absolute atomic E-state index is 12.8. The van der Waals surface area contributed by atoms with Crippen molar-refractivity contribution in [1.29, 1.82) is 0 Å². The maximum atomic E-state index is 12.8. The van der Waals surface area contributed by atoms with Crippen molar-refractivity contribution in [3.05, 3.63) is 81.1 Å². The van der Waals surface area contributed by atoms with Gasteiger partial charge in [-0.05, 0) is 93.7 Å². The minimum Gasteiger partial charge on any atom is -0.479 e. The molecule has 3 aromatic rings. The number of hydrogen-bond donors (Lipinski definition) is 1. The number of carboxylic acid groups (broad SMARTS) is 1. The van der Waals surface area contributed by atoms with Crippen molar-refractivity contribution in [2.75, 3.05) is 24.5 Å². The summed E-state index contributed by atoms with van der Waals surface area (Å²) in [5.74, 6) is -0.988.